The Labute approximate surface area is 132 Å². The topological polar surface area (TPSA) is 37.7 Å². The number of hydrogen-bond donors (Lipinski definition) is 3. The van der Waals surface area contributed by atoms with Gasteiger partial charge in [0, 0.05) is 6.54 Å². The van der Waals surface area contributed by atoms with Crippen molar-refractivity contribution in [3.05, 3.63) is 35.9 Å². The fraction of sp³-hybridized carbons (Fsp3) is 0.562. The van der Waals surface area contributed by atoms with Crippen molar-refractivity contribution >= 4 is 17.3 Å². The van der Waals surface area contributed by atoms with Gasteiger partial charge in [0.2, 0.25) is 0 Å². The fourth-order valence-electron chi connectivity index (χ4n) is 2.56. The van der Waals surface area contributed by atoms with E-state index in [0.29, 0.717) is 0 Å². The number of quaternary nitrogens is 1. The van der Waals surface area contributed by atoms with Gasteiger partial charge in [0.05, 0.1) is 19.8 Å². The van der Waals surface area contributed by atoms with E-state index >= 15 is 0 Å². The van der Waals surface area contributed by atoms with E-state index in [4.69, 9.17) is 17.0 Å². The summed E-state index contributed by atoms with van der Waals surface area (Å²) in [5, 5.41) is 7.33. The average Bonchev–Trinajstić information content (AvgIpc) is 2.53. The molecule has 0 amide bonds. The van der Waals surface area contributed by atoms with Crippen molar-refractivity contribution in [3.8, 4) is 0 Å². The largest absolute Gasteiger partial charge is 0.370 e. The third-order valence-electron chi connectivity index (χ3n) is 4.04. The first-order chi connectivity index (χ1) is 10.1. The zero-order valence-corrected chi connectivity index (χ0v) is 13.8. The van der Waals surface area contributed by atoms with Gasteiger partial charge in [-0.05, 0) is 31.6 Å². The highest BCUT2D eigenvalue weighted by Gasteiger charge is 2.32. The summed E-state index contributed by atoms with van der Waals surface area (Å²) < 4.78 is 5.43. The Morgan fingerprint density at radius 1 is 1.19 bits per heavy atom. The molecule has 1 aromatic rings. The van der Waals surface area contributed by atoms with Gasteiger partial charge in [-0.25, -0.2) is 0 Å². The highest BCUT2D eigenvalue weighted by atomic mass is 32.1. The third kappa shape index (κ3) is 5.26. The van der Waals surface area contributed by atoms with Crippen LogP contribution in [0.4, 0.5) is 0 Å². The number of ether oxygens (including phenoxy) is 1. The number of morpholine rings is 1. The van der Waals surface area contributed by atoms with Crippen LogP contribution in [0.3, 0.4) is 0 Å². The van der Waals surface area contributed by atoms with Crippen LogP contribution in [0.25, 0.3) is 0 Å². The number of rotatable bonds is 5. The Hall–Kier alpha value is -1.17. The maximum atomic E-state index is 5.43. The van der Waals surface area contributed by atoms with E-state index < -0.39 is 0 Å². The molecule has 0 aromatic heterocycles. The second-order valence-corrected chi connectivity index (χ2v) is 6.53. The molecular weight excluding hydrogens is 282 g/mol. The van der Waals surface area contributed by atoms with Crippen LogP contribution in [-0.2, 0) is 11.3 Å². The number of benzene rings is 1. The van der Waals surface area contributed by atoms with Crippen molar-refractivity contribution in [2.45, 2.75) is 25.9 Å². The summed E-state index contributed by atoms with van der Waals surface area (Å²) >= 11 is 5.37. The predicted molar refractivity (Wildman–Crippen MR) is 89.5 cm³/mol. The Morgan fingerprint density at radius 2 is 1.86 bits per heavy atom. The summed E-state index contributed by atoms with van der Waals surface area (Å²) in [6.45, 7) is 10.0. The van der Waals surface area contributed by atoms with Gasteiger partial charge in [0.25, 0.3) is 0 Å². The fourth-order valence-corrected chi connectivity index (χ4v) is 2.71. The normalized spacial score (nSPS) is 16.5. The van der Waals surface area contributed by atoms with E-state index in [1.807, 2.05) is 18.2 Å². The molecule has 1 saturated heterocycles. The minimum Gasteiger partial charge on any atom is -0.370 e. The van der Waals surface area contributed by atoms with Crippen molar-refractivity contribution in [3.63, 3.8) is 0 Å². The molecule has 0 radical (unpaired) electrons. The molecule has 0 atom stereocenters. The molecule has 0 spiro atoms. The van der Waals surface area contributed by atoms with E-state index in [0.717, 1.165) is 44.5 Å². The molecule has 4 nitrogen and oxygen atoms in total. The first-order valence-corrected chi connectivity index (χ1v) is 7.97. The molecule has 0 saturated carbocycles. The summed E-state index contributed by atoms with van der Waals surface area (Å²) in [6.07, 6.45) is 0. The third-order valence-corrected chi connectivity index (χ3v) is 4.33. The maximum absolute atomic E-state index is 5.43. The van der Waals surface area contributed by atoms with Gasteiger partial charge in [-0.2, -0.15) is 0 Å². The number of thiocarbonyl (C=S) groups is 1. The van der Waals surface area contributed by atoms with Crippen LogP contribution >= 0.6 is 12.2 Å². The van der Waals surface area contributed by atoms with Gasteiger partial charge in [0.15, 0.2) is 5.11 Å². The molecule has 1 aliphatic rings. The predicted octanol–water partition coefficient (Wildman–Crippen LogP) is 0.344. The SMILES string of the molecule is CC(C)(CNC(=S)NCc1ccccc1)[NH+]1CCOCC1. The average molecular weight is 308 g/mol. The van der Waals surface area contributed by atoms with E-state index in [1.54, 1.807) is 4.90 Å². The zero-order chi connectivity index (χ0) is 15.1. The molecule has 2 rings (SSSR count). The van der Waals surface area contributed by atoms with Crippen LogP contribution in [0.2, 0.25) is 0 Å². The van der Waals surface area contributed by atoms with Crippen molar-refractivity contribution < 1.29 is 9.64 Å². The van der Waals surface area contributed by atoms with Crippen molar-refractivity contribution in [2.24, 2.45) is 0 Å². The van der Waals surface area contributed by atoms with Gasteiger partial charge < -0.3 is 20.3 Å². The first kappa shape index (κ1) is 16.2. The Morgan fingerprint density at radius 3 is 2.52 bits per heavy atom. The number of hydrogen-bond acceptors (Lipinski definition) is 2. The lowest BCUT2D eigenvalue weighted by molar-refractivity contribution is -0.954. The molecule has 0 unspecified atom stereocenters. The molecule has 5 heteroatoms. The quantitative estimate of drug-likeness (QED) is 0.686. The standard InChI is InChI=1S/C16H25N3OS/c1-16(2,19-8-10-20-11-9-19)13-18-15(21)17-12-14-6-4-3-5-7-14/h3-7H,8-13H2,1-2H3,(H2,17,18,21)/p+1. The van der Waals surface area contributed by atoms with E-state index in [1.165, 1.54) is 5.56 Å². The smallest absolute Gasteiger partial charge is 0.166 e. The van der Waals surface area contributed by atoms with E-state index in [-0.39, 0.29) is 5.54 Å². The lowest BCUT2D eigenvalue weighted by atomic mass is 10.0. The minimum absolute atomic E-state index is 0.155. The zero-order valence-electron chi connectivity index (χ0n) is 12.9. The highest BCUT2D eigenvalue weighted by Crippen LogP contribution is 1.98. The van der Waals surface area contributed by atoms with Crippen LogP contribution in [0.15, 0.2) is 30.3 Å². The lowest BCUT2D eigenvalue weighted by Gasteiger charge is -2.37. The maximum Gasteiger partial charge on any atom is 0.166 e. The van der Waals surface area contributed by atoms with Crippen molar-refractivity contribution in [1.82, 2.24) is 10.6 Å². The molecule has 3 N–H and O–H groups in total. The summed E-state index contributed by atoms with van der Waals surface area (Å²) in [4.78, 5) is 1.58. The van der Waals surface area contributed by atoms with E-state index in [9.17, 15) is 0 Å². The number of nitrogens with one attached hydrogen (secondary N) is 3. The van der Waals surface area contributed by atoms with Crippen LogP contribution < -0.4 is 15.5 Å². The van der Waals surface area contributed by atoms with Gasteiger partial charge in [-0.15, -0.1) is 0 Å². The van der Waals surface area contributed by atoms with Gasteiger partial charge in [0.1, 0.15) is 18.6 Å². The van der Waals surface area contributed by atoms with Crippen LogP contribution in [0.1, 0.15) is 19.4 Å². The summed E-state index contributed by atoms with van der Waals surface area (Å²) in [7, 11) is 0. The summed E-state index contributed by atoms with van der Waals surface area (Å²) in [5.41, 5.74) is 1.39. The van der Waals surface area contributed by atoms with Crippen LogP contribution in [0.5, 0.6) is 0 Å². The molecule has 0 bridgehead atoms. The molecule has 1 aliphatic heterocycles. The Balaban J connectivity index is 1.72. The second kappa shape index (κ2) is 7.73. The highest BCUT2D eigenvalue weighted by molar-refractivity contribution is 7.80. The molecule has 1 heterocycles. The summed E-state index contributed by atoms with van der Waals surface area (Å²) in [6, 6.07) is 10.3. The van der Waals surface area contributed by atoms with Gasteiger partial charge in [-0.3, -0.25) is 0 Å². The minimum atomic E-state index is 0.155. The molecule has 1 aromatic carbocycles. The molecule has 116 valence electrons. The Kier molecular flexibility index (Phi) is 5.96. The lowest BCUT2D eigenvalue weighted by Crippen LogP contribution is -3.22. The molecule has 1 fully saturated rings. The first-order valence-electron chi connectivity index (χ1n) is 7.56. The van der Waals surface area contributed by atoms with Crippen molar-refractivity contribution in [2.75, 3.05) is 32.8 Å². The molecular formula is C16H26N3OS+. The molecule has 21 heavy (non-hydrogen) atoms. The van der Waals surface area contributed by atoms with Gasteiger partial charge in [-0.1, -0.05) is 30.3 Å². The second-order valence-electron chi connectivity index (χ2n) is 6.12. The van der Waals surface area contributed by atoms with Crippen LogP contribution in [0, 0.1) is 0 Å². The van der Waals surface area contributed by atoms with Crippen molar-refractivity contribution in [1.29, 1.82) is 0 Å². The van der Waals surface area contributed by atoms with E-state index in [2.05, 4.69) is 36.6 Å². The Bertz CT molecular complexity index is 444. The van der Waals surface area contributed by atoms with Gasteiger partial charge >= 0.3 is 0 Å². The summed E-state index contributed by atoms with van der Waals surface area (Å²) in [5.74, 6) is 0. The monoisotopic (exact) mass is 308 g/mol. The molecule has 0 aliphatic carbocycles. The van der Waals surface area contributed by atoms with Crippen LogP contribution in [-0.4, -0.2) is 43.5 Å².